The predicted molar refractivity (Wildman–Crippen MR) is 71.4 cm³/mol. The molecule has 1 aliphatic heterocycles. The second-order valence-electron chi connectivity index (χ2n) is 5.26. The van der Waals surface area contributed by atoms with Gasteiger partial charge in [-0.05, 0) is 25.0 Å². The van der Waals surface area contributed by atoms with Crippen molar-refractivity contribution in [1.29, 1.82) is 0 Å². The summed E-state index contributed by atoms with van der Waals surface area (Å²) < 4.78 is 10.6. The maximum Gasteiger partial charge on any atom is 0.415 e. The van der Waals surface area contributed by atoms with E-state index in [0.717, 1.165) is 24.2 Å². The molecule has 1 heterocycles. The highest BCUT2D eigenvalue weighted by atomic mass is 16.6. The number of nitrogens with zero attached hydrogens (tertiary/aromatic N) is 1. The summed E-state index contributed by atoms with van der Waals surface area (Å²) in [5.74, 6) is 1.36. The molecule has 0 aromatic heterocycles. The molecule has 4 heteroatoms. The van der Waals surface area contributed by atoms with Gasteiger partial charge < -0.3 is 14.4 Å². The first-order valence-electron chi connectivity index (χ1n) is 6.93. The van der Waals surface area contributed by atoms with Crippen molar-refractivity contribution >= 4 is 6.09 Å². The van der Waals surface area contributed by atoms with Gasteiger partial charge in [0.1, 0.15) is 11.5 Å². The van der Waals surface area contributed by atoms with E-state index in [2.05, 4.69) is 0 Å². The van der Waals surface area contributed by atoms with Gasteiger partial charge in [0.15, 0.2) is 0 Å². The topological polar surface area (TPSA) is 38.8 Å². The van der Waals surface area contributed by atoms with E-state index in [1.54, 1.807) is 13.2 Å². The van der Waals surface area contributed by atoms with E-state index in [4.69, 9.17) is 9.47 Å². The molecule has 1 aliphatic carbocycles. The largest absolute Gasteiger partial charge is 0.497 e. The number of carbonyl (C=O) groups is 1. The van der Waals surface area contributed by atoms with Gasteiger partial charge >= 0.3 is 6.09 Å². The fraction of sp³-hybridized carbons (Fsp3) is 0.533. The van der Waals surface area contributed by atoms with Crippen molar-refractivity contribution in [2.24, 2.45) is 0 Å². The van der Waals surface area contributed by atoms with Crippen LogP contribution < -0.4 is 9.47 Å². The molecule has 0 unspecified atom stereocenters. The van der Waals surface area contributed by atoms with Crippen molar-refractivity contribution < 1.29 is 14.3 Å². The Labute approximate surface area is 113 Å². The fourth-order valence-corrected chi connectivity index (χ4v) is 2.96. The average Bonchev–Trinajstić information content (AvgIpc) is 2.47. The van der Waals surface area contributed by atoms with Crippen LogP contribution in [0, 0.1) is 0 Å². The molecule has 3 rings (SSSR count). The van der Waals surface area contributed by atoms with Gasteiger partial charge in [0.05, 0.1) is 13.7 Å². The van der Waals surface area contributed by atoms with Gasteiger partial charge in [0, 0.05) is 17.7 Å². The van der Waals surface area contributed by atoms with E-state index < -0.39 is 0 Å². The van der Waals surface area contributed by atoms with Gasteiger partial charge in [-0.3, -0.25) is 0 Å². The summed E-state index contributed by atoms with van der Waals surface area (Å²) in [4.78, 5) is 14.0. The van der Waals surface area contributed by atoms with E-state index in [9.17, 15) is 4.79 Å². The first kappa shape index (κ1) is 12.3. The smallest absolute Gasteiger partial charge is 0.415 e. The first-order valence-corrected chi connectivity index (χ1v) is 6.93. The highest BCUT2D eigenvalue weighted by molar-refractivity contribution is 5.74. The minimum Gasteiger partial charge on any atom is -0.497 e. The Bertz CT molecular complexity index is 480. The lowest BCUT2D eigenvalue weighted by molar-refractivity contribution is 0.102. The molecular weight excluding hydrogens is 242 g/mol. The third-order valence-corrected chi connectivity index (χ3v) is 4.06. The summed E-state index contributed by atoms with van der Waals surface area (Å²) in [5, 5.41) is 0. The zero-order valence-corrected chi connectivity index (χ0v) is 11.2. The van der Waals surface area contributed by atoms with E-state index in [1.165, 1.54) is 19.3 Å². The Morgan fingerprint density at radius 3 is 2.79 bits per heavy atom. The molecule has 0 radical (unpaired) electrons. The summed E-state index contributed by atoms with van der Waals surface area (Å²) in [7, 11) is 1.61. The zero-order valence-electron chi connectivity index (χ0n) is 11.2. The van der Waals surface area contributed by atoms with Crippen LogP contribution in [0.15, 0.2) is 18.2 Å². The number of methoxy groups -OCH3 is 1. The van der Waals surface area contributed by atoms with Crippen LogP contribution in [0.25, 0.3) is 0 Å². The van der Waals surface area contributed by atoms with Gasteiger partial charge in [0.25, 0.3) is 0 Å². The Hall–Kier alpha value is -1.71. The maximum atomic E-state index is 12.1. The first-order chi connectivity index (χ1) is 9.28. The number of ether oxygens (including phenoxy) is 2. The Kier molecular flexibility index (Phi) is 3.32. The van der Waals surface area contributed by atoms with Gasteiger partial charge in [-0.15, -0.1) is 0 Å². The summed E-state index contributed by atoms with van der Waals surface area (Å²) in [5.41, 5.74) is 1.06. The lowest BCUT2D eigenvalue weighted by atomic mass is 9.94. The maximum absolute atomic E-state index is 12.1. The number of hydrogen-bond donors (Lipinski definition) is 0. The molecule has 0 atom stereocenters. The highest BCUT2D eigenvalue weighted by Crippen LogP contribution is 2.33. The van der Waals surface area contributed by atoms with Gasteiger partial charge in [-0.1, -0.05) is 19.3 Å². The number of rotatable bonds is 2. The van der Waals surface area contributed by atoms with Crippen molar-refractivity contribution in [1.82, 2.24) is 4.90 Å². The van der Waals surface area contributed by atoms with E-state index in [0.29, 0.717) is 18.3 Å². The number of carbonyl (C=O) groups excluding carboxylic acids is 1. The minimum atomic E-state index is -0.215. The van der Waals surface area contributed by atoms with Crippen molar-refractivity contribution in [2.45, 2.75) is 44.7 Å². The molecule has 1 amide bonds. The van der Waals surface area contributed by atoms with Gasteiger partial charge in [-0.25, -0.2) is 4.79 Å². The second-order valence-corrected chi connectivity index (χ2v) is 5.26. The van der Waals surface area contributed by atoms with Crippen LogP contribution in [0.5, 0.6) is 11.5 Å². The Morgan fingerprint density at radius 1 is 1.26 bits per heavy atom. The molecule has 102 valence electrons. The second kappa shape index (κ2) is 5.11. The SMILES string of the molecule is COc1ccc2c(c1)OC(=O)N(C1CCCCC1)C2. The summed E-state index contributed by atoms with van der Waals surface area (Å²) >= 11 is 0. The van der Waals surface area contributed by atoms with Crippen LogP contribution >= 0.6 is 0 Å². The number of hydrogen-bond acceptors (Lipinski definition) is 3. The monoisotopic (exact) mass is 261 g/mol. The van der Waals surface area contributed by atoms with Crippen LogP contribution in [-0.4, -0.2) is 24.1 Å². The normalized spacial score (nSPS) is 19.8. The predicted octanol–water partition coefficient (Wildman–Crippen LogP) is 3.34. The van der Waals surface area contributed by atoms with Crippen LogP contribution in [-0.2, 0) is 6.54 Å². The molecule has 2 aliphatic rings. The Morgan fingerprint density at radius 2 is 2.05 bits per heavy atom. The van der Waals surface area contributed by atoms with Crippen molar-refractivity contribution in [3.8, 4) is 11.5 Å². The molecule has 1 aromatic carbocycles. The minimum absolute atomic E-state index is 0.215. The molecule has 0 spiro atoms. The zero-order chi connectivity index (χ0) is 13.2. The van der Waals surface area contributed by atoms with E-state index >= 15 is 0 Å². The molecule has 0 bridgehead atoms. The standard InChI is InChI=1S/C15H19NO3/c1-18-13-8-7-11-10-16(12-5-3-2-4-6-12)15(17)19-14(11)9-13/h7-9,12H,2-6,10H2,1H3. The van der Waals surface area contributed by atoms with Crippen molar-refractivity contribution in [3.63, 3.8) is 0 Å². The molecule has 0 N–H and O–H groups in total. The van der Waals surface area contributed by atoms with Gasteiger partial charge in [0.2, 0.25) is 0 Å². The van der Waals surface area contributed by atoms with E-state index in [-0.39, 0.29) is 6.09 Å². The average molecular weight is 261 g/mol. The van der Waals surface area contributed by atoms with Crippen molar-refractivity contribution in [3.05, 3.63) is 23.8 Å². The Balaban J connectivity index is 1.81. The van der Waals surface area contributed by atoms with Crippen molar-refractivity contribution in [2.75, 3.05) is 7.11 Å². The lowest BCUT2D eigenvalue weighted by Gasteiger charge is -2.36. The van der Waals surface area contributed by atoms with Crippen LogP contribution in [0.4, 0.5) is 4.79 Å². The number of amides is 1. The molecule has 1 aromatic rings. The highest BCUT2D eigenvalue weighted by Gasteiger charge is 2.31. The molecule has 0 saturated heterocycles. The molecule has 4 nitrogen and oxygen atoms in total. The number of benzene rings is 1. The molecule has 1 fully saturated rings. The fourth-order valence-electron chi connectivity index (χ4n) is 2.96. The lowest BCUT2D eigenvalue weighted by Crippen LogP contribution is -2.44. The number of fused-ring (bicyclic) bond motifs is 1. The summed E-state index contributed by atoms with van der Waals surface area (Å²) in [6, 6.07) is 6.02. The van der Waals surface area contributed by atoms with Crippen LogP contribution in [0.1, 0.15) is 37.7 Å². The molecular formula is C15H19NO3. The quantitative estimate of drug-likeness (QED) is 0.819. The third-order valence-electron chi connectivity index (χ3n) is 4.06. The van der Waals surface area contributed by atoms with E-state index in [1.807, 2.05) is 17.0 Å². The van der Waals surface area contributed by atoms with Crippen LogP contribution in [0.2, 0.25) is 0 Å². The third kappa shape index (κ3) is 2.39. The molecule has 1 saturated carbocycles. The van der Waals surface area contributed by atoms with Crippen LogP contribution in [0.3, 0.4) is 0 Å². The molecule has 19 heavy (non-hydrogen) atoms. The van der Waals surface area contributed by atoms with Gasteiger partial charge in [-0.2, -0.15) is 0 Å². The summed E-state index contributed by atoms with van der Waals surface area (Å²) in [6.07, 6.45) is 5.69. The summed E-state index contributed by atoms with van der Waals surface area (Å²) in [6.45, 7) is 0.656.